The van der Waals surface area contributed by atoms with Gasteiger partial charge in [0, 0.05) is 0 Å². The molecular formula is C13H30. The predicted octanol–water partition coefficient (Wildman–Crippen LogP) is 5.28. The average Bonchev–Trinajstić information content (AvgIpc) is 2.05. The minimum Gasteiger partial charge on any atom is -0.0776 e. The van der Waals surface area contributed by atoms with Crippen molar-refractivity contribution in [2.75, 3.05) is 0 Å². The van der Waals surface area contributed by atoms with E-state index in [1.807, 2.05) is 0 Å². The lowest BCUT2D eigenvalue weighted by atomic mass is 9.65. The standard InChI is InChI=1S/C11H22.2CH4/c1-4-10-8-6-7-9-11(10,3)5-2;;/h10H,4-9H2,1-3H3;2*1H4. The summed E-state index contributed by atoms with van der Waals surface area (Å²) in [5.41, 5.74) is 0.688. The third-order valence-electron chi connectivity index (χ3n) is 3.84. The van der Waals surface area contributed by atoms with Crippen molar-refractivity contribution in [3.8, 4) is 0 Å². The average molecular weight is 186 g/mol. The van der Waals surface area contributed by atoms with E-state index in [0.717, 1.165) is 5.92 Å². The topological polar surface area (TPSA) is 0 Å². The first-order valence-electron chi connectivity index (χ1n) is 5.23. The molecule has 2 unspecified atom stereocenters. The Morgan fingerprint density at radius 1 is 1.15 bits per heavy atom. The molecule has 0 radical (unpaired) electrons. The van der Waals surface area contributed by atoms with Gasteiger partial charge in [0.25, 0.3) is 0 Å². The first kappa shape index (κ1) is 15.5. The van der Waals surface area contributed by atoms with Gasteiger partial charge in [-0.25, -0.2) is 0 Å². The molecule has 1 fully saturated rings. The summed E-state index contributed by atoms with van der Waals surface area (Å²) in [5, 5.41) is 0. The molecule has 0 aromatic rings. The van der Waals surface area contributed by atoms with Gasteiger partial charge in [-0.2, -0.15) is 0 Å². The third kappa shape index (κ3) is 3.32. The number of rotatable bonds is 2. The Bertz CT molecular complexity index is 117. The first-order valence-corrected chi connectivity index (χ1v) is 5.23. The highest BCUT2D eigenvalue weighted by Crippen LogP contribution is 2.44. The monoisotopic (exact) mass is 186 g/mol. The van der Waals surface area contributed by atoms with Crippen LogP contribution >= 0.6 is 0 Å². The summed E-state index contributed by atoms with van der Waals surface area (Å²) in [6.07, 6.45) is 8.69. The largest absolute Gasteiger partial charge is 0.0776 e. The quantitative estimate of drug-likeness (QED) is 0.551. The van der Waals surface area contributed by atoms with Crippen LogP contribution in [0.15, 0.2) is 0 Å². The molecule has 0 amide bonds. The van der Waals surface area contributed by atoms with E-state index in [-0.39, 0.29) is 14.9 Å². The number of hydrogen-bond acceptors (Lipinski definition) is 0. The molecule has 0 aliphatic heterocycles. The molecule has 0 aromatic heterocycles. The van der Waals surface area contributed by atoms with Crippen molar-refractivity contribution in [3.05, 3.63) is 0 Å². The zero-order valence-electron chi connectivity index (χ0n) is 8.32. The van der Waals surface area contributed by atoms with Crippen molar-refractivity contribution >= 4 is 0 Å². The Hall–Kier alpha value is 0. The van der Waals surface area contributed by atoms with Gasteiger partial charge in [-0.3, -0.25) is 0 Å². The second-order valence-electron chi connectivity index (χ2n) is 4.36. The lowest BCUT2D eigenvalue weighted by Gasteiger charge is -2.40. The van der Waals surface area contributed by atoms with Crippen LogP contribution in [-0.2, 0) is 0 Å². The summed E-state index contributed by atoms with van der Waals surface area (Å²) in [6.45, 7) is 7.19. The van der Waals surface area contributed by atoms with E-state index in [4.69, 9.17) is 0 Å². The van der Waals surface area contributed by atoms with Gasteiger partial charge in [-0.05, 0) is 24.2 Å². The van der Waals surface area contributed by atoms with Gasteiger partial charge in [0.2, 0.25) is 0 Å². The first-order chi connectivity index (χ1) is 5.23. The van der Waals surface area contributed by atoms with Crippen LogP contribution in [0.1, 0.15) is 74.1 Å². The van der Waals surface area contributed by atoms with Crippen LogP contribution < -0.4 is 0 Å². The van der Waals surface area contributed by atoms with Crippen LogP contribution in [0.25, 0.3) is 0 Å². The lowest BCUT2D eigenvalue weighted by molar-refractivity contribution is 0.106. The highest BCUT2D eigenvalue weighted by molar-refractivity contribution is 4.84. The molecule has 13 heavy (non-hydrogen) atoms. The lowest BCUT2D eigenvalue weighted by Crippen LogP contribution is -2.29. The van der Waals surface area contributed by atoms with Gasteiger partial charge in [0.05, 0.1) is 0 Å². The highest BCUT2D eigenvalue weighted by atomic mass is 14.4. The molecule has 0 nitrogen and oxygen atoms in total. The molecule has 1 rings (SSSR count). The van der Waals surface area contributed by atoms with Gasteiger partial charge < -0.3 is 0 Å². The molecule has 1 saturated carbocycles. The second-order valence-corrected chi connectivity index (χ2v) is 4.36. The number of hydrogen-bond donors (Lipinski definition) is 0. The summed E-state index contributed by atoms with van der Waals surface area (Å²) >= 11 is 0. The van der Waals surface area contributed by atoms with E-state index in [9.17, 15) is 0 Å². The van der Waals surface area contributed by atoms with Crippen LogP contribution in [0.3, 0.4) is 0 Å². The van der Waals surface area contributed by atoms with Gasteiger partial charge in [-0.1, -0.05) is 61.3 Å². The molecule has 0 heterocycles. The maximum Gasteiger partial charge on any atom is -0.0300 e. The van der Waals surface area contributed by atoms with Gasteiger partial charge in [0.1, 0.15) is 0 Å². The Morgan fingerprint density at radius 3 is 2.15 bits per heavy atom. The smallest absolute Gasteiger partial charge is 0.0300 e. The van der Waals surface area contributed by atoms with Crippen LogP contribution in [0.4, 0.5) is 0 Å². The fourth-order valence-corrected chi connectivity index (χ4v) is 2.63. The van der Waals surface area contributed by atoms with Gasteiger partial charge >= 0.3 is 0 Å². The molecule has 82 valence electrons. The maximum absolute atomic E-state index is 2.49. The van der Waals surface area contributed by atoms with E-state index in [1.165, 1.54) is 38.5 Å². The minimum absolute atomic E-state index is 0. The fraction of sp³-hybridized carbons (Fsp3) is 1.00. The SMILES string of the molecule is C.C.CCC1CCCCC1(C)CC. The Labute approximate surface area is 86.1 Å². The Balaban J connectivity index is 0. The molecule has 0 heteroatoms. The van der Waals surface area contributed by atoms with E-state index in [0.29, 0.717) is 5.41 Å². The fourth-order valence-electron chi connectivity index (χ4n) is 2.63. The van der Waals surface area contributed by atoms with Crippen molar-refractivity contribution in [1.82, 2.24) is 0 Å². The van der Waals surface area contributed by atoms with E-state index in [2.05, 4.69) is 20.8 Å². The summed E-state index contributed by atoms with van der Waals surface area (Å²) in [4.78, 5) is 0. The normalized spacial score (nSPS) is 33.0. The molecule has 2 atom stereocenters. The minimum atomic E-state index is 0. The van der Waals surface area contributed by atoms with Crippen LogP contribution in [0, 0.1) is 11.3 Å². The van der Waals surface area contributed by atoms with Crippen molar-refractivity contribution in [3.63, 3.8) is 0 Å². The zero-order valence-corrected chi connectivity index (χ0v) is 8.32. The third-order valence-corrected chi connectivity index (χ3v) is 3.84. The molecule has 1 aliphatic rings. The Morgan fingerprint density at radius 2 is 1.77 bits per heavy atom. The predicted molar refractivity (Wildman–Crippen MR) is 64.1 cm³/mol. The second kappa shape index (κ2) is 6.45. The summed E-state index contributed by atoms with van der Waals surface area (Å²) in [7, 11) is 0. The zero-order chi connectivity index (χ0) is 8.32. The molecule has 0 spiro atoms. The van der Waals surface area contributed by atoms with Crippen molar-refractivity contribution < 1.29 is 0 Å². The van der Waals surface area contributed by atoms with Crippen LogP contribution in [0.5, 0.6) is 0 Å². The molecule has 0 aromatic carbocycles. The maximum atomic E-state index is 2.49. The van der Waals surface area contributed by atoms with Gasteiger partial charge in [0.15, 0.2) is 0 Å². The molecular weight excluding hydrogens is 156 g/mol. The molecule has 0 bridgehead atoms. The van der Waals surface area contributed by atoms with E-state index < -0.39 is 0 Å². The summed E-state index contributed by atoms with van der Waals surface area (Å²) in [5.74, 6) is 1.02. The summed E-state index contributed by atoms with van der Waals surface area (Å²) in [6, 6.07) is 0. The van der Waals surface area contributed by atoms with Crippen molar-refractivity contribution in [1.29, 1.82) is 0 Å². The molecule has 1 aliphatic carbocycles. The Kier molecular flexibility index (Phi) is 7.68. The van der Waals surface area contributed by atoms with Crippen molar-refractivity contribution in [2.24, 2.45) is 11.3 Å². The van der Waals surface area contributed by atoms with Crippen LogP contribution in [-0.4, -0.2) is 0 Å². The van der Waals surface area contributed by atoms with E-state index >= 15 is 0 Å². The molecule has 0 saturated heterocycles. The highest BCUT2D eigenvalue weighted by Gasteiger charge is 2.33. The van der Waals surface area contributed by atoms with Crippen molar-refractivity contribution in [2.45, 2.75) is 74.1 Å². The van der Waals surface area contributed by atoms with Gasteiger partial charge in [-0.15, -0.1) is 0 Å². The van der Waals surface area contributed by atoms with Crippen LogP contribution in [0.2, 0.25) is 0 Å². The molecule has 0 N–H and O–H groups in total. The van der Waals surface area contributed by atoms with E-state index in [1.54, 1.807) is 0 Å². The summed E-state index contributed by atoms with van der Waals surface area (Å²) < 4.78 is 0.